The average molecular weight is 573 g/mol. The maximum atomic E-state index is 15.5. The Morgan fingerprint density at radius 1 is 1.07 bits per heavy atom. The minimum absolute atomic E-state index is 0.0997. The first kappa shape index (κ1) is 26.6. The second-order valence-electron chi connectivity index (χ2n) is 11.6. The molecular formula is C30H33FN8O3. The van der Waals surface area contributed by atoms with Gasteiger partial charge in [-0.1, -0.05) is 0 Å². The number of carbonyl (C=O) groups is 3. The minimum atomic E-state index is -0.596. The number of hydrogen-bond acceptors (Lipinski definition) is 7. The lowest BCUT2D eigenvalue weighted by molar-refractivity contribution is -0.128. The van der Waals surface area contributed by atoms with E-state index in [9.17, 15) is 14.4 Å². The molecule has 0 radical (unpaired) electrons. The molecule has 0 saturated carbocycles. The Labute approximate surface area is 242 Å². The molecule has 0 aliphatic carbocycles. The Hall–Kier alpha value is -4.32. The first-order valence-corrected chi connectivity index (χ1v) is 14.5. The van der Waals surface area contributed by atoms with Crippen LogP contribution in [0.5, 0.6) is 0 Å². The third kappa shape index (κ3) is 4.23. The van der Waals surface area contributed by atoms with Gasteiger partial charge in [-0.15, -0.1) is 0 Å². The van der Waals surface area contributed by atoms with Gasteiger partial charge in [-0.05, 0) is 43.5 Å². The summed E-state index contributed by atoms with van der Waals surface area (Å²) >= 11 is 0. The number of hydrogen-bond donors (Lipinski definition) is 1. The summed E-state index contributed by atoms with van der Waals surface area (Å²) < 4.78 is 19.4. The van der Waals surface area contributed by atoms with E-state index in [1.165, 1.54) is 9.80 Å². The number of amides is 2. The molecule has 12 heteroatoms. The first-order chi connectivity index (χ1) is 20.3. The highest BCUT2D eigenvalue weighted by Crippen LogP contribution is 2.36. The van der Waals surface area contributed by atoms with Crippen molar-refractivity contribution < 1.29 is 18.8 Å². The van der Waals surface area contributed by atoms with Gasteiger partial charge >= 0.3 is 0 Å². The lowest BCUT2D eigenvalue weighted by Crippen LogP contribution is -2.42. The van der Waals surface area contributed by atoms with Crippen LogP contribution in [0.1, 0.15) is 62.6 Å². The van der Waals surface area contributed by atoms with Crippen LogP contribution in [-0.2, 0) is 37.3 Å². The van der Waals surface area contributed by atoms with Crippen molar-refractivity contribution in [3.05, 3.63) is 64.1 Å². The van der Waals surface area contributed by atoms with E-state index in [2.05, 4.69) is 27.3 Å². The number of halogens is 1. The molecular weight excluding hydrogens is 539 g/mol. The molecule has 7 rings (SSSR count). The number of carbonyl (C=O) groups excluding carboxylic acids is 3. The first-order valence-electron chi connectivity index (χ1n) is 14.5. The highest BCUT2D eigenvalue weighted by atomic mass is 19.1. The maximum Gasteiger partial charge on any atom is 0.264 e. The maximum absolute atomic E-state index is 15.5. The van der Waals surface area contributed by atoms with Gasteiger partial charge in [0.15, 0.2) is 12.1 Å². The van der Waals surface area contributed by atoms with Crippen LogP contribution >= 0.6 is 0 Å². The van der Waals surface area contributed by atoms with Crippen LogP contribution in [0.4, 0.5) is 16.0 Å². The number of nitrogens with zero attached hydrogens (tertiary/aromatic N) is 7. The van der Waals surface area contributed by atoms with Crippen LogP contribution in [0, 0.1) is 5.82 Å². The summed E-state index contributed by atoms with van der Waals surface area (Å²) in [6, 6.07) is 3.10. The summed E-state index contributed by atoms with van der Waals surface area (Å²) in [5.74, 6) is -0.193. The number of nitrogens with one attached hydrogen (secondary N) is 1. The quantitative estimate of drug-likeness (QED) is 0.469. The number of rotatable bonds is 5. The highest BCUT2D eigenvalue weighted by molar-refractivity contribution is 6.10. The van der Waals surface area contributed by atoms with E-state index >= 15 is 4.39 Å². The molecule has 0 bridgehead atoms. The molecule has 2 amide bonds. The summed E-state index contributed by atoms with van der Waals surface area (Å²) in [6.07, 6.45) is 7.26. The number of aromatic nitrogens is 4. The zero-order valence-electron chi connectivity index (χ0n) is 23.8. The standard InChI is InChI=1S/C30H33FN8O3/c1-35-11-12-39-19(16-35)14-25(34-39)33-22-13-18(15-36(2)29(22)41)20-6-8-32-28(21(20)17-40)38-10-7-23-26(30(38)42)27(31)24-5-3-4-9-37(23)24/h6,8,14-15,17,22H,3-5,7,9-13,16H2,1-2H3,(H,33,34). The Balaban J connectivity index is 1.19. The molecule has 7 heterocycles. The molecule has 0 aromatic carbocycles. The van der Waals surface area contributed by atoms with E-state index < -0.39 is 17.8 Å². The molecule has 218 valence electrons. The van der Waals surface area contributed by atoms with Crippen LogP contribution in [0.25, 0.3) is 5.57 Å². The van der Waals surface area contributed by atoms with E-state index in [1.807, 2.05) is 15.3 Å². The van der Waals surface area contributed by atoms with E-state index in [0.717, 1.165) is 56.0 Å². The molecule has 3 aromatic heterocycles. The van der Waals surface area contributed by atoms with E-state index in [0.29, 0.717) is 49.2 Å². The van der Waals surface area contributed by atoms with Gasteiger partial charge in [0.25, 0.3) is 5.91 Å². The number of fused-ring (bicyclic) bond motifs is 4. The van der Waals surface area contributed by atoms with Crippen molar-refractivity contribution in [1.29, 1.82) is 0 Å². The lowest BCUT2D eigenvalue weighted by atomic mass is 9.92. The largest absolute Gasteiger partial charge is 0.357 e. The van der Waals surface area contributed by atoms with Crippen LogP contribution in [0.15, 0.2) is 24.5 Å². The average Bonchev–Trinajstić information content (AvgIpc) is 3.53. The molecule has 1 atom stereocenters. The lowest BCUT2D eigenvalue weighted by Gasteiger charge is -2.31. The number of likely N-dealkylation sites (N-methyl/N-ethyl adjacent to an activating group) is 2. The predicted molar refractivity (Wildman–Crippen MR) is 154 cm³/mol. The van der Waals surface area contributed by atoms with E-state index in [-0.39, 0.29) is 22.9 Å². The SMILES string of the molecule is CN1CCn2nc(NC3CC(c4ccnc(N5CCc6c(c(F)c7n6CCCC7)C5=O)c4C=O)=CN(C)C3=O)cc2C1. The summed E-state index contributed by atoms with van der Waals surface area (Å²) in [4.78, 5) is 49.0. The third-order valence-corrected chi connectivity index (χ3v) is 8.91. The number of aldehydes is 1. The van der Waals surface area contributed by atoms with Crippen molar-refractivity contribution in [3.8, 4) is 0 Å². The summed E-state index contributed by atoms with van der Waals surface area (Å²) in [6.45, 7) is 3.50. The molecule has 0 fully saturated rings. The van der Waals surface area contributed by atoms with Crippen molar-refractivity contribution in [3.63, 3.8) is 0 Å². The third-order valence-electron chi connectivity index (χ3n) is 8.91. The van der Waals surface area contributed by atoms with Crippen molar-refractivity contribution >= 4 is 35.3 Å². The Kier molecular flexibility index (Phi) is 6.45. The van der Waals surface area contributed by atoms with Crippen LogP contribution in [-0.4, -0.2) is 80.5 Å². The molecule has 1 unspecified atom stereocenters. The minimum Gasteiger partial charge on any atom is -0.357 e. The normalized spacial score (nSPS) is 20.6. The molecule has 11 nitrogen and oxygen atoms in total. The fourth-order valence-corrected chi connectivity index (χ4v) is 6.81. The fourth-order valence-electron chi connectivity index (χ4n) is 6.81. The molecule has 4 aliphatic rings. The zero-order chi connectivity index (χ0) is 29.1. The topological polar surface area (TPSA) is 109 Å². The summed E-state index contributed by atoms with van der Waals surface area (Å²) in [5, 5.41) is 7.95. The highest BCUT2D eigenvalue weighted by Gasteiger charge is 2.37. The molecule has 0 spiro atoms. The van der Waals surface area contributed by atoms with Gasteiger partial charge in [-0.3, -0.25) is 28.9 Å². The molecule has 1 N–H and O–H groups in total. The molecule has 4 aliphatic heterocycles. The van der Waals surface area contributed by atoms with Crippen molar-refractivity contribution in [2.45, 2.75) is 57.8 Å². The van der Waals surface area contributed by atoms with Gasteiger partial charge in [-0.2, -0.15) is 5.10 Å². The Bertz CT molecular complexity index is 1660. The zero-order valence-corrected chi connectivity index (χ0v) is 23.8. The van der Waals surface area contributed by atoms with Gasteiger partial charge in [0.05, 0.1) is 29.1 Å². The van der Waals surface area contributed by atoms with Crippen LogP contribution in [0.3, 0.4) is 0 Å². The van der Waals surface area contributed by atoms with Crippen molar-refractivity contribution in [1.82, 2.24) is 29.1 Å². The Morgan fingerprint density at radius 2 is 1.93 bits per heavy atom. The predicted octanol–water partition coefficient (Wildman–Crippen LogP) is 2.70. The molecule has 0 saturated heterocycles. The fraction of sp³-hybridized carbons (Fsp3) is 0.433. The smallest absolute Gasteiger partial charge is 0.264 e. The number of pyridine rings is 1. The number of anilines is 2. The summed E-state index contributed by atoms with van der Waals surface area (Å²) in [5.41, 5.74) is 4.10. The van der Waals surface area contributed by atoms with Crippen molar-refractivity contribution in [2.24, 2.45) is 0 Å². The van der Waals surface area contributed by atoms with E-state index in [4.69, 9.17) is 0 Å². The van der Waals surface area contributed by atoms with Gasteiger partial charge in [0.2, 0.25) is 5.91 Å². The molecule has 3 aromatic rings. The second kappa shape index (κ2) is 10.2. The van der Waals surface area contributed by atoms with Gasteiger partial charge in [0.1, 0.15) is 17.7 Å². The molecule has 42 heavy (non-hydrogen) atoms. The van der Waals surface area contributed by atoms with Gasteiger partial charge in [0, 0.05) is 70.2 Å². The Morgan fingerprint density at radius 3 is 2.76 bits per heavy atom. The monoisotopic (exact) mass is 572 g/mol. The van der Waals surface area contributed by atoms with Crippen LogP contribution in [0.2, 0.25) is 0 Å². The van der Waals surface area contributed by atoms with Gasteiger partial charge < -0.3 is 14.8 Å². The second-order valence-corrected chi connectivity index (χ2v) is 11.6. The van der Waals surface area contributed by atoms with Crippen LogP contribution < -0.4 is 10.2 Å². The van der Waals surface area contributed by atoms with Gasteiger partial charge in [-0.25, -0.2) is 9.37 Å². The van der Waals surface area contributed by atoms with Crippen molar-refractivity contribution in [2.75, 3.05) is 37.4 Å². The van der Waals surface area contributed by atoms with E-state index in [1.54, 1.807) is 25.5 Å². The summed E-state index contributed by atoms with van der Waals surface area (Å²) in [7, 11) is 3.74.